The van der Waals surface area contributed by atoms with Crippen LogP contribution in [0.15, 0.2) is 36.4 Å². The van der Waals surface area contributed by atoms with E-state index in [-0.39, 0.29) is 27.8 Å². The molecule has 2 aromatic rings. The standard InChI is InChI=1S/C33H44Cl2FN5O2/c1-20(2)41-16-14-40(15-17-41)13-7-12-37-30(42)29-27(22-8-6-9-24(35)28(22)36)33(26(39-29)19-32(3,4)5)23-11-10-21(34)18-25(23)38-31(33)43/h6,8-11,18,20,26-27,29,39H,7,12-17,19H2,1-5H3,(H,37,42)(H,38,43). The summed E-state index contributed by atoms with van der Waals surface area (Å²) in [4.78, 5) is 33.2. The van der Waals surface area contributed by atoms with E-state index in [2.05, 4.69) is 60.4 Å². The van der Waals surface area contributed by atoms with E-state index in [9.17, 15) is 9.59 Å². The Bertz CT molecular complexity index is 1360. The van der Waals surface area contributed by atoms with Crippen molar-refractivity contribution in [2.75, 3.05) is 44.6 Å². The van der Waals surface area contributed by atoms with Gasteiger partial charge in [-0.2, -0.15) is 0 Å². The normalized spacial score (nSPS) is 26.3. The molecule has 7 nitrogen and oxygen atoms in total. The minimum atomic E-state index is -1.25. The van der Waals surface area contributed by atoms with Crippen LogP contribution in [0.4, 0.5) is 10.1 Å². The molecule has 10 heteroatoms. The molecular formula is C33H44Cl2FN5O2. The summed E-state index contributed by atoms with van der Waals surface area (Å²) in [5.41, 5.74) is 0.102. The summed E-state index contributed by atoms with van der Waals surface area (Å²) in [7, 11) is 0. The molecule has 43 heavy (non-hydrogen) atoms. The van der Waals surface area contributed by atoms with E-state index in [4.69, 9.17) is 23.2 Å². The van der Waals surface area contributed by atoms with Crippen LogP contribution in [0.2, 0.25) is 10.0 Å². The highest BCUT2D eigenvalue weighted by molar-refractivity contribution is 6.31. The fourth-order valence-electron chi connectivity index (χ4n) is 7.28. The third-order valence-corrected chi connectivity index (χ3v) is 9.84. The molecular weight excluding hydrogens is 588 g/mol. The summed E-state index contributed by atoms with van der Waals surface area (Å²) in [5, 5.41) is 10.1. The average molecular weight is 633 g/mol. The van der Waals surface area contributed by atoms with Crippen molar-refractivity contribution < 1.29 is 14.0 Å². The van der Waals surface area contributed by atoms with E-state index in [0.29, 0.717) is 35.3 Å². The lowest BCUT2D eigenvalue weighted by Gasteiger charge is -2.37. The van der Waals surface area contributed by atoms with Crippen molar-refractivity contribution in [2.24, 2.45) is 5.41 Å². The third kappa shape index (κ3) is 6.32. The second kappa shape index (κ2) is 12.6. The van der Waals surface area contributed by atoms with Crippen molar-refractivity contribution in [2.45, 2.75) is 76.9 Å². The van der Waals surface area contributed by atoms with Gasteiger partial charge in [-0.1, -0.05) is 62.2 Å². The van der Waals surface area contributed by atoms with E-state index in [0.717, 1.165) is 39.1 Å². The minimum Gasteiger partial charge on any atom is -0.355 e. The predicted octanol–water partition coefficient (Wildman–Crippen LogP) is 5.42. The lowest BCUT2D eigenvalue weighted by atomic mass is 9.62. The Morgan fingerprint density at radius 1 is 1.14 bits per heavy atom. The van der Waals surface area contributed by atoms with Gasteiger partial charge in [-0.15, -0.1) is 0 Å². The summed E-state index contributed by atoms with van der Waals surface area (Å²) >= 11 is 12.6. The predicted molar refractivity (Wildman–Crippen MR) is 171 cm³/mol. The molecule has 234 valence electrons. The molecule has 5 rings (SSSR count). The first kappa shape index (κ1) is 32.2. The first-order chi connectivity index (χ1) is 20.3. The van der Waals surface area contributed by atoms with Crippen LogP contribution in [-0.4, -0.2) is 79.0 Å². The molecule has 2 aromatic carbocycles. The number of hydrogen-bond acceptors (Lipinski definition) is 5. The highest BCUT2D eigenvalue weighted by Gasteiger charge is 2.66. The van der Waals surface area contributed by atoms with Gasteiger partial charge in [0.2, 0.25) is 11.8 Å². The first-order valence-corrected chi connectivity index (χ1v) is 16.1. The molecule has 0 aliphatic carbocycles. The van der Waals surface area contributed by atoms with Crippen molar-refractivity contribution in [3.63, 3.8) is 0 Å². The summed E-state index contributed by atoms with van der Waals surface area (Å²) < 4.78 is 15.9. The molecule has 2 amide bonds. The quantitative estimate of drug-likeness (QED) is 0.340. The van der Waals surface area contributed by atoms with E-state index in [1.54, 1.807) is 24.3 Å². The van der Waals surface area contributed by atoms with Crippen molar-refractivity contribution in [3.8, 4) is 0 Å². The first-order valence-electron chi connectivity index (χ1n) is 15.4. The minimum absolute atomic E-state index is 0.0432. The van der Waals surface area contributed by atoms with Gasteiger partial charge in [-0.05, 0) is 68.0 Å². The molecule has 4 unspecified atom stereocenters. The number of carbonyl (C=O) groups excluding carboxylic acids is 2. The molecule has 2 saturated heterocycles. The lowest BCUT2D eigenvalue weighted by molar-refractivity contribution is -0.123. The number of anilines is 1. The zero-order chi connectivity index (χ0) is 31.1. The molecule has 0 bridgehead atoms. The SMILES string of the molecule is CC(C)N1CCN(CCCNC(=O)C2NC(CC(C)(C)C)C3(C(=O)Nc4cc(Cl)ccc43)C2c2cccc(Cl)c2F)CC1. The molecule has 2 fully saturated rings. The second-order valence-electron chi connectivity index (χ2n) is 13.7. The highest BCUT2D eigenvalue weighted by Crippen LogP contribution is 2.57. The van der Waals surface area contributed by atoms with E-state index in [1.807, 2.05) is 6.07 Å². The Labute approximate surface area is 264 Å². The van der Waals surface area contributed by atoms with Crippen LogP contribution < -0.4 is 16.0 Å². The van der Waals surface area contributed by atoms with Gasteiger partial charge in [-0.25, -0.2) is 4.39 Å². The van der Waals surface area contributed by atoms with Crippen molar-refractivity contribution in [1.29, 1.82) is 0 Å². The van der Waals surface area contributed by atoms with Gasteiger partial charge in [0.25, 0.3) is 0 Å². The Morgan fingerprint density at radius 3 is 2.53 bits per heavy atom. The van der Waals surface area contributed by atoms with Crippen molar-refractivity contribution >= 4 is 40.7 Å². The Hall–Kier alpha value is -2.23. The number of nitrogens with zero attached hydrogens (tertiary/aromatic N) is 2. The monoisotopic (exact) mass is 631 g/mol. The van der Waals surface area contributed by atoms with E-state index in [1.165, 1.54) is 6.07 Å². The maximum atomic E-state index is 15.9. The number of benzene rings is 2. The third-order valence-electron chi connectivity index (χ3n) is 9.31. The molecule has 3 N–H and O–H groups in total. The van der Waals surface area contributed by atoms with Crippen molar-refractivity contribution in [3.05, 3.63) is 63.4 Å². The fraction of sp³-hybridized carbons (Fsp3) is 0.576. The lowest BCUT2D eigenvalue weighted by Crippen LogP contribution is -2.49. The summed E-state index contributed by atoms with van der Waals surface area (Å²) in [6.07, 6.45) is 1.38. The van der Waals surface area contributed by atoms with Crippen LogP contribution >= 0.6 is 23.2 Å². The van der Waals surface area contributed by atoms with Crippen LogP contribution in [0.1, 0.15) is 64.5 Å². The zero-order valence-electron chi connectivity index (χ0n) is 25.8. The van der Waals surface area contributed by atoms with Crippen LogP contribution in [-0.2, 0) is 15.0 Å². The number of nitrogens with one attached hydrogen (secondary N) is 3. The number of fused-ring (bicyclic) bond motifs is 2. The number of carbonyl (C=O) groups is 2. The number of halogens is 3. The molecule has 3 aliphatic rings. The zero-order valence-corrected chi connectivity index (χ0v) is 27.3. The number of piperazine rings is 1. The smallest absolute Gasteiger partial charge is 0.237 e. The van der Waals surface area contributed by atoms with Gasteiger partial charge in [0.15, 0.2) is 0 Å². The van der Waals surface area contributed by atoms with Gasteiger partial charge in [0.05, 0.1) is 11.1 Å². The van der Waals surface area contributed by atoms with Gasteiger partial charge >= 0.3 is 0 Å². The maximum absolute atomic E-state index is 15.9. The van der Waals surface area contributed by atoms with Crippen LogP contribution in [0.3, 0.4) is 0 Å². The Morgan fingerprint density at radius 2 is 1.86 bits per heavy atom. The van der Waals surface area contributed by atoms with Gasteiger partial charge in [0, 0.05) is 61.4 Å². The molecule has 0 radical (unpaired) electrons. The van der Waals surface area contributed by atoms with Gasteiger partial charge < -0.3 is 20.9 Å². The van der Waals surface area contributed by atoms with Gasteiger partial charge in [-0.3, -0.25) is 14.5 Å². The molecule has 0 saturated carbocycles. The Kier molecular flexibility index (Phi) is 9.46. The van der Waals surface area contributed by atoms with Crippen LogP contribution in [0, 0.1) is 11.2 Å². The summed E-state index contributed by atoms with van der Waals surface area (Å²) in [6.45, 7) is 16.3. The molecule has 3 aliphatic heterocycles. The second-order valence-corrected chi connectivity index (χ2v) is 14.6. The number of rotatable bonds is 8. The molecule has 4 atom stereocenters. The Balaban J connectivity index is 1.44. The van der Waals surface area contributed by atoms with Gasteiger partial charge in [0.1, 0.15) is 11.2 Å². The summed E-state index contributed by atoms with van der Waals surface area (Å²) in [6, 6.07) is 9.35. The van der Waals surface area contributed by atoms with Crippen LogP contribution in [0.25, 0.3) is 0 Å². The van der Waals surface area contributed by atoms with Crippen LogP contribution in [0.5, 0.6) is 0 Å². The maximum Gasteiger partial charge on any atom is 0.237 e. The average Bonchev–Trinajstić information content (AvgIpc) is 3.41. The summed E-state index contributed by atoms with van der Waals surface area (Å²) in [5.74, 6) is -1.97. The van der Waals surface area contributed by atoms with E-state index < -0.39 is 29.2 Å². The highest BCUT2D eigenvalue weighted by atomic mass is 35.5. The largest absolute Gasteiger partial charge is 0.355 e. The molecule has 1 spiro atoms. The van der Waals surface area contributed by atoms with E-state index >= 15 is 4.39 Å². The molecule has 0 aromatic heterocycles. The number of amides is 2. The molecule has 3 heterocycles. The topological polar surface area (TPSA) is 76.7 Å². The van der Waals surface area contributed by atoms with Crippen molar-refractivity contribution in [1.82, 2.24) is 20.4 Å². The fourth-order valence-corrected chi connectivity index (χ4v) is 7.63. The number of hydrogen-bond donors (Lipinski definition) is 3.